The zero-order valence-corrected chi connectivity index (χ0v) is 19.2. The van der Waals surface area contributed by atoms with Gasteiger partial charge >= 0.3 is 5.97 Å². The second-order valence-electron chi connectivity index (χ2n) is 7.48. The molecule has 0 saturated carbocycles. The number of unbranched alkanes of at least 4 members (excludes halogenated alkanes) is 1. The number of carbonyl (C=O) groups excluding carboxylic acids is 2. The first kappa shape index (κ1) is 23.9. The zero-order chi connectivity index (χ0) is 21.9. The van der Waals surface area contributed by atoms with E-state index in [-0.39, 0.29) is 5.91 Å². The fraction of sp³-hybridized carbons (Fsp3) is 0.522. The Morgan fingerprint density at radius 3 is 2.53 bits per heavy atom. The number of benzene rings is 1. The SMILES string of the molecule is CCCCOc1ccc(C(=O)N(CCC(C)C)Cc2nc(C(=O)OCC)cs2)cc1. The van der Waals surface area contributed by atoms with Gasteiger partial charge in [-0.25, -0.2) is 9.78 Å². The van der Waals surface area contributed by atoms with Crippen molar-refractivity contribution in [3.8, 4) is 5.75 Å². The number of hydrogen-bond donors (Lipinski definition) is 0. The predicted octanol–water partition coefficient (Wildman–Crippen LogP) is 5.19. The van der Waals surface area contributed by atoms with Crippen LogP contribution in [0.25, 0.3) is 0 Å². The van der Waals surface area contributed by atoms with Gasteiger partial charge in [0.1, 0.15) is 10.8 Å². The highest BCUT2D eigenvalue weighted by atomic mass is 32.1. The maximum Gasteiger partial charge on any atom is 0.357 e. The normalized spacial score (nSPS) is 10.8. The van der Waals surface area contributed by atoms with Crippen molar-refractivity contribution in [2.24, 2.45) is 5.92 Å². The van der Waals surface area contributed by atoms with Crippen LogP contribution in [-0.2, 0) is 11.3 Å². The smallest absolute Gasteiger partial charge is 0.357 e. The summed E-state index contributed by atoms with van der Waals surface area (Å²) in [6, 6.07) is 7.29. The first-order chi connectivity index (χ1) is 14.4. The molecule has 0 spiro atoms. The van der Waals surface area contributed by atoms with Crippen LogP contribution in [0.4, 0.5) is 0 Å². The highest BCUT2D eigenvalue weighted by Gasteiger charge is 2.19. The molecule has 0 aliphatic heterocycles. The van der Waals surface area contributed by atoms with Crippen LogP contribution in [0.15, 0.2) is 29.6 Å². The number of thiazole rings is 1. The zero-order valence-electron chi connectivity index (χ0n) is 18.3. The first-order valence-corrected chi connectivity index (χ1v) is 11.5. The summed E-state index contributed by atoms with van der Waals surface area (Å²) in [7, 11) is 0. The van der Waals surface area contributed by atoms with E-state index in [4.69, 9.17) is 9.47 Å². The third-order valence-corrected chi connectivity index (χ3v) is 5.33. The van der Waals surface area contributed by atoms with E-state index < -0.39 is 5.97 Å². The van der Waals surface area contributed by atoms with Gasteiger partial charge in [0.05, 0.1) is 19.8 Å². The number of hydrogen-bond acceptors (Lipinski definition) is 6. The summed E-state index contributed by atoms with van der Waals surface area (Å²) in [5, 5.41) is 2.40. The number of carbonyl (C=O) groups is 2. The maximum atomic E-state index is 13.1. The Kier molecular flexibility index (Phi) is 9.80. The summed E-state index contributed by atoms with van der Waals surface area (Å²) in [5.74, 6) is 0.760. The van der Waals surface area contributed by atoms with Crippen LogP contribution in [-0.4, -0.2) is 41.5 Å². The summed E-state index contributed by atoms with van der Waals surface area (Å²) in [6.45, 7) is 10.1. The lowest BCUT2D eigenvalue weighted by atomic mass is 10.1. The predicted molar refractivity (Wildman–Crippen MR) is 119 cm³/mol. The number of rotatable bonds is 12. The average molecular weight is 433 g/mol. The van der Waals surface area contributed by atoms with Gasteiger partial charge in [0.25, 0.3) is 5.91 Å². The van der Waals surface area contributed by atoms with Crippen LogP contribution in [0.5, 0.6) is 5.75 Å². The lowest BCUT2D eigenvalue weighted by Crippen LogP contribution is -2.32. The Morgan fingerprint density at radius 1 is 1.17 bits per heavy atom. The monoisotopic (exact) mass is 432 g/mol. The highest BCUT2D eigenvalue weighted by molar-refractivity contribution is 7.09. The van der Waals surface area contributed by atoms with Crippen LogP contribution in [0, 0.1) is 5.92 Å². The minimum absolute atomic E-state index is 0.0522. The second-order valence-corrected chi connectivity index (χ2v) is 8.43. The molecule has 0 atom stereocenters. The Bertz CT molecular complexity index is 802. The van der Waals surface area contributed by atoms with E-state index in [9.17, 15) is 9.59 Å². The lowest BCUT2D eigenvalue weighted by Gasteiger charge is -2.23. The molecule has 0 aliphatic rings. The van der Waals surface area contributed by atoms with Gasteiger partial charge in [0.2, 0.25) is 0 Å². The van der Waals surface area contributed by atoms with Crippen molar-refractivity contribution in [1.82, 2.24) is 9.88 Å². The van der Waals surface area contributed by atoms with E-state index in [0.29, 0.717) is 43.5 Å². The van der Waals surface area contributed by atoms with Crippen LogP contribution in [0.1, 0.15) is 72.8 Å². The molecule has 1 aromatic carbocycles. The molecule has 1 amide bonds. The van der Waals surface area contributed by atoms with Gasteiger partial charge in [-0.05, 0) is 49.9 Å². The molecule has 0 saturated heterocycles. The number of nitrogens with zero attached hydrogens (tertiary/aromatic N) is 2. The van der Waals surface area contributed by atoms with Gasteiger partial charge < -0.3 is 14.4 Å². The molecule has 2 aromatic rings. The van der Waals surface area contributed by atoms with E-state index in [1.165, 1.54) is 11.3 Å². The average Bonchev–Trinajstić information content (AvgIpc) is 3.20. The van der Waals surface area contributed by atoms with Gasteiger partial charge in [-0.15, -0.1) is 11.3 Å². The number of esters is 1. The Hall–Kier alpha value is -2.41. The standard InChI is InChI=1S/C23H32N2O4S/c1-5-7-14-29-19-10-8-18(9-11-19)22(26)25(13-12-17(3)4)15-21-24-20(16-30-21)23(27)28-6-2/h8-11,16-17H,5-7,12-15H2,1-4H3. The fourth-order valence-corrected chi connectivity index (χ4v) is 3.50. The minimum Gasteiger partial charge on any atom is -0.494 e. The molecule has 1 heterocycles. The Labute approximate surface area is 183 Å². The van der Waals surface area contributed by atoms with E-state index in [0.717, 1.165) is 30.0 Å². The van der Waals surface area contributed by atoms with E-state index in [1.54, 1.807) is 29.3 Å². The Morgan fingerprint density at radius 2 is 1.90 bits per heavy atom. The quantitative estimate of drug-likeness (QED) is 0.341. The van der Waals surface area contributed by atoms with E-state index in [2.05, 4.69) is 25.8 Å². The number of amides is 1. The van der Waals surface area contributed by atoms with Crippen molar-refractivity contribution >= 4 is 23.2 Å². The molecule has 0 radical (unpaired) electrons. The summed E-state index contributed by atoms with van der Waals surface area (Å²) in [5.41, 5.74) is 0.908. The van der Waals surface area contributed by atoms with Crippen LogP contribution in [0.2, 0.25) is 0 Å². The summed E-state index contributed by atoms with van der Waals surface area (Å²) in [6.07, 6.45) is 2.97. The summed E-state index contributed by atoms with van der Waals surface area (Å²) < 4.78 is 10.7. The molecule has 7 heteroatoms. The number of ether oxygens (including phenoxy) is 2. The second kappa shape index (κ2) is 12.3. The minimum atomic E-state index is -0.432. The van der Waals surface area contributed by atoms with Crippen molar-refractivity contribution < 1.29 is 19.1 Å². The van der Waals surface area contributed by atoms with Gasteiger partial charge in [-0.3, -0.25) is 4.79 Å². The number of aromatic nitrogens is 1. The summed E-state index contributed by atoms with van der Waals surface area (Å²) in [4.78, 5) is 31.2. The molecule has 0 N–H and O–H groups in total. The summed E-state index contributed by atoms with van der Waals surface area (Å²) >= 11 is 1.37. The molecule has 0 unspecified atom stereocenters. The topological polar surface area (TPSA) is 68.7 Å². The maximum absolute atomic E-state index is 13.1. The molecule has 30 heavy (non-hydrogen) atoms. The lowest BCUT2D eigenvalue weighted by molar-refractivity contribution is 0.0520. The van der Waals surface area contributed by atoms with Gasteiger partial charge in [0, 0.05) is 17.5 Å². The highest BCUT2D eigenvalue weighted by Crippen LogP contribution is 2.19. The van der Waals surface area contributed by atoms with Crippen LogP contribution in [0.3, 0.4) is 0 Å². The Balaban J connectivity index is 2.09. The third kappa shape index (κ3) is 7.44. The molecular formula is C23H32N2O4S. The molecular weight excluding hydrogens is 400 g/mol. The first-order valence-electron chi connectivity index (χ1n) is 10.6. The van der Waals surface area contributed by atoms with Gasteiger partial charge in [0.15, 0.2) is 5.69 Å². The van der Waals surface area contributed by atoms with Crippen molar-refractivity contribution in [2.45, 2.75) is 53.5 Å². The van der Waals surface area contributed by atoms with Gasteiger partial charge in [-0.1, -0.05) is 27.2 Å². The van der Waals surface area contributed by atoms with Gasteiger partial charge in [-0.2, -0.15) is 0 Å². The molecule has 0 bridgehead atoms. The van der Waals surface area contributed by atoms with Crippen LogP contribution < -0.4 is 4.74 Å². The van der Waals surface area contributed by atoms with E-state index in [1.807, 2.05) is 12.1 Å². The molecule has 2 rings (SSSR count). The molecule has 6 nitrogen and oxygen atoms in total. The molecule has 0 aliphatic carbocycles. The third-order valence-electron chi connectivity index (χ3n) is 4.49. The fourth-order valence-electron chi connectivity index (χ4n) is 2.72. The van der Waals surface area contributed by atoms with Crippen molar-refractivity contribution in [3.63, 3.8) is 0 Å². The van der Waals surface area contributed by atoms with Crippen molar-refractivity contribution in [1.29, 1.82) is 0 Å². The van der Waals surface area contributed by atoms with Crippen molar-refractivity contribution in [2.75, 3.05) is 19.8 Å². The molecule has 0 fully saturated rings. The van der Waals surface area contributed by atoms with Crippen LogP contribution >= 0.6 is 11.3 Å². The van der Waals surface area contributed by atoms with Crippen molar-refractivity contribution in [3.05, 3.63) is 45.9 Å². The van der Waals surface area contributed by atoms with E-state index >= 15 is 0 Å². The largest absolute Gasteiger partial charge is 0.494 e. The molecule has 164 valence electrons. The molecule has 1 aromatic heterocycles.